The number of rotatable bonds is 3. The van der Waals surface area contributed by atoms with Gasteiger partial charge in [-0.05, 0) is 31.0 Å². The van der Waals surface area contributed by atoms with E-state index in [1.807, 2.05) is 13.0 Å². The summed E-state index contributed by atoms with van der Waals surface area (Å²) in [6.45, 7) is 1.87. The fourth-order valence-corrected chi connectivity index (χ4v) is 1.08. The zero-order chi connectivity index (χ0) is 8.97. The van der Waals surface area contributed by atoms with Crippen molar-refractivity contribution < 1.29 is 10.3 Å². The molecule has 0 heterocycles. The molecule has 0 spiro atoms. The summed E-state index contributed by atoms with van der Waals surface area (Å²) in [4.78, 5) is 0. The van der Waals surface area contributed by atoms with E-state index in [1.54, 1.807) is 18.2 Å². The number of hydrogen-bond acceptors (Lipinski definition) is 3. The zero-order valence-electron chi connectivity index (χ0n) is 6.99. The van der Waals surface area contributed by atoms with Crippen LogP contribution in [0.2, 0.25) is 0 Å². The Bertz CT molecular complexity index is 250. The second kappa shape index (κ2) is 4.09. The highest BCUT2D eigenvalue weighted by atomic mass is 16.5. The normalized spacial score (nSPS) is 12.8. The lowest BCUT2D eigenvalue weighted by Gasteiger charge is -2.08. The van der Waals surface area contributed by atoms with Crippen molar-refractivity contribution in [2.24, 2.45) is 0 Å². The summed E-state index contributed by atoms with van der Waals surface area (Å²) in [5.41, 5.74) is 3.15. The molecule has 1 rings (SSSR count). The number of nitrogens with one attached hydrogen (secondary N) is 1. The first kappa shape index (κ1) is 9.03. The van der Waals surface area contributed by atoms with Gasteiger partial charge >= 0.3 is 0 Å². The van der Waals surface area contributed by atoms with E-state index in [9.17, 15) is 0 Å². The molecule has 3 heteroatoms. The second-order valence-electron chi connectivity index (χ2n) is 2.90. The lowest BCUT2D eigenvalue weighted by atomic mass is 10.1. The van der Waals surface area contributed by atoms with Crippen LogP contribution in [0.1, 0.15) is 12.5 Å². The first-order valence-corrected chi connectivity index (χ1v) is 3.90. The Hall–Kier alpha value is -1.06. The standard InChI is InChI=1S/C9H13NO2/c1-7(10-12)5-8-3-2-4-9(11)6-8/h2-4,6-7,10-12H,5H2,1H3. The Morgan fingerprint density at radius 3 is 2.83 bits per heavy atom. The average molecular weight is 167 g/mol. The van der Waals surface area contributed by atoms with Crippen molar-refractivity contribution in [3.05, 3.63) is 29.8 Å². The van der Waals surface area contributed by atoms with E-state index in [1.165, 1.54) is 0 Å². The van der Waals surface area contributed by atoms with Crippen molar-refractivity contribution in [3.63, 3.8) is 0 Å². The highest BCUT2D eigenvalue weighted by molar-refractivity contribution is 5.27. The van der Waals surface area contributed by atoms with Crippen molar-refractivity contribution >= 4 is 0 Å². The summed E-state index contributed by atoms with van der Waals surface area (Å²) in [6, 6.07) is 7.02. The molecule has 1 aromatic carbocycles. The van der Waals surface area contributed by atoms with E-state index in [2.05, 4.69) is 5.48 Å². The van der Waals surface area contributed by atoms with Gasteiger partial charge < -0.3 is 10.3 Å². The zero-order valence-corrected chi connectivity index (χ0v) is 6.99. The van der Waals surface area contributed by atoms with Crippen molar-refractivity contribution in [3.8, 4) is 5.75 Å². The maximum atomic E-state index is 9.12. The van der Waals surface area contributed by atoms with E-state index < -0.39 is 0 Å². The van der Waals surface area contributed by atoms with Gasteiger partial charge in [-0.15, -0.1) is 0 Å². The highest BCUT2D eigenvalue weighted by Gasteiger charge is 2.01. The molecular formula is C9H13NO2. The Balaban J connectivity index is 2.63. The van der Waals surface area contributed by atoms with E-state index in [4.69, 9.17) is 10.3 Å². The molecule has 0 amide bonds. The van der Waals surface area contributed by atoms with Crippen LogP contribution in [0.15, 0.2) is 24.3 Å². The van der Waals surface area contributed by atoms with Gasteiger partial charge in [-0.3, -0.25) is 0 Å². The molecule has 1 aromatic rings. The van der Waals surface area contributed by atoms with Gasteiger partial charge in [-0.1, -0.05) is 12.1 Å². The van der Waals surface area contributed by atoms with Gasteiger partial charge in [0.2, 0.25) is 0 Å². The van der Waals surface area contributed by atoms with Crippen LogP contribution in [-0.4, -0.2) is 16.4 Å². The predicted molar refractivity (Wildman–Crippen MR) is 46.2 cm³/mol. The Kier molecular flexibility index (Phi) is 3.08. The van der Waals surface area contributed by atoms with Gasteiger partial charge in [0.05, 0.1) is 0 Å². The maximum absolute atomic E-state index is 9.12. The summed E-state index contributed by atoms with van der Waals surface area (Å²) in [7, 11) is 0. The van der Waals surface area contributed by atoms with Gasteiger partial charge in [0, 0.05) is 6.04 Å². The Morgan fingerprint density at radius 1 is 1.50 bits per heavy atom. The Morgan fingerprint density at radius 2 is 2.25 bits per heavy atom. The molecule has 3 nitrogen and oxygen atoms in total. The minimum Gasteiger partial charge on any atom is -0.508 e. The summed E-state index contributed by atoms with van der Waals surface area (Å²) in [5.74, 6) is 0.262. The second-order valence-corrected chi connectivity index (χ2v) is 2.90. The van der Waals surface area contributed by atoms with Crippen LogP contribution in [0.4, 0.5) is 0 Å². The van der Waals surface area contributed by atoms with Crippen molar-refractivity contribution in [1.82, 2.24) is 5.48 Å². The van der Waals surface area contributed by atoms with Crippen LogP contribution >= 0.6 is 0 Å². The molecule has 0 aliphatic heterocycles. The first-order valence-electron chi connectivity index (χ1n) is 3.90. The number of phenolic OH excluding ortho intramolecular Hbond substituents is 1. The largest absolute Gasteiger partial charge is 0.508 e. The minimum absolute atomic E-state index is 0.00630. The van der Waals surface area contributed by atoms with Crippen LogP contribution in [0.3, 0.4) is 0 Å². The van der Waals surface area contributed by atoms with Crippen LogP contribution in [-0.2, 0) is 6.42 Å². The number of phenols is 1. The van der Waals surface area contributed by atoms with E-state index >= 15 is 0 Å². The molecule has 0 saturated heterocycles. The predicted octanol–water partition coefficient (Wildman–Crippen LogP) is 1.30. The summed E-state index contributed by atoms with van der Waals surface area (Å²) < 4.78 is 0. The van der Waals surface area contributed by atoms with E-state index in [-0.39, 0.29) is 11.8 Å². The van der Waals surface area contributed by atoms with E-state index in [0.29, 0.717) is 6.42 Å². The third kappa shape index (κ3) is 2.53. The smallest absolute Gasteiger partial charge is 0.115 e. The quantitative estimate of drug-likeness (QED) is 0.595. The highest BCUT2D eigenvalue weighted by Crippen LogP contribution is 2.12. The molecule has 66 valence electrons. The monoisotopic (exact) mass is 167 g/mol. The topological polar surface area (TPSA) is 52.5 Å². The third-order valence-electron chi connectivity index (χ3n) is 1.67. The molecule has 0 saturated carbocycles. The molecule has 0 aliphatic carbocycles. The SMILES string of the molecule is CC(Cc1cccc(O)c1)NO. The molecule has 1 unspecified atom stereocenters. The molecule has 0 radical (unpaired) electrons. The summed E-state index contributed by atoms with van der Waals surface area (Å²) in [5, 5.41) is 17.7. The number of hydroxylamine groups is 1. The van der Waals surface area contributed by atoms with Crippen molar-refractivity contribution in [2.75, 3.05) is 0 Å². The molecule has 0 aliphatic rings. The van der Waals surface area contributed by atoms with Crippen molar-refractivity contribution in [2.45, 2.75) is 19.4 Å². The van der Waals surface area contributed by atoms with Gasteiger partial charge in [0.25, 0.3) is 0 Å². The fourth-order valence-electron chi connectivity index (χ4n) is 1.08. The van der Waals surface area contributed by atoms with Gasteiger partial charge in [-0.2, -0.15) is 0 Å². The number of aromatic hydroxyl groups is 1. The van der Waals surface area contributed by atoms with Crippen LogP contribution in [0.5, 0.6) is 5.75 Å². The first-order chi connectivity index (χ1) is 5.72. The molecule has 1 atom stereocenters. The molecule has 0 fully saturated rings. The van der Waals surface area contributed by atoms with Gasteiger partial charge in [-0.25, -0.2) is 5.48 Å². The molecule has 0 bridgehead atoms. The summed E-state index contributed by atoms with van der Waals surface area (Å²) in [6.07, 6.45) is 0.699. The van der Waals surface area contributed by atoms with Crippen LogP contribution < -0.4 is 5.48 Å². The minimum atomic E-state index is 0.00630. The summed E-state index contributed by atoms with van der Waals surface area (Å²) >= 11 is 0. The fraction of sp³-hybridized carbons (Fsp3) is 0.333. The van der Waals surface area contributed by atoms with Gasteiger partial charge in [0.15, 0.2) is 0 Å². The number of hydrogen-bond donors (Lipinski definition) is 3. The molecular weight excluding hydrogens is 154 g/mol. The lowest BCUT2D eigenvalue weighted by molar-refractivity contribution is 0.133. The maximum Gasteiger partial charge on any atom is 0.115 e. The molecule has 12 heavy (non-hydrogen) atoms. The van der Waals surface area contributed by atoms with Crippen LogP contribution in [0.25, 0.3) is 0 Å². The third-order valence-corrected chi connectivity index (χ3v) is 1.67. The molecule has 0 aromatic heterocycles. The van der Waals surface area contributed by atoms with Crippen LogP contribution in [0, 0.1) is 0 Å². The van der Waals surface area contributed by atoms with Crippen molar-refractivity contribution in [1.29, 1.82) is 0 Å². The molecule has 3 N–H and O–H groups in total. The average Bonchev–Trinajstić information content (AvgIpc) is 2.04. The van der Waals surface area contributed by atoms with Gasteiger partial charge in [0.1, 0.15) is 5.75 Å². The van der Waals surface area contributed by atoms with E-state index in [0.717, 1.165) is 5.56 Å². The number of benzene rings is 1. The lowest BCUT2D eigenvalue weighted by Crippen LogP contribution is -2.24. The Labute approximate surface area is 71.6 Å².